The standard InChI is InChI=1S/C15H27N3O/c1-2-15(7-4-8-16-15)14(19)18-11-5-10-17-9-3-6-13(17)12-18/h13,16H,2-12H2,1H3. The van der Waals surface area contributed by atoms with Crippen LogP contribution >= 0.6 is 0 Å². The average Bonchev–Trinajstić information content (AvgIpc) is 3.04. The highest BCUT2D eigenvalue weighted by Gasteiger charge is 2.43. The van der Waals surface area contributed by atoms with Gasteiger partial charge in [-0.1, -0.05) is 6.92 Å². The number of fused-ring (bicyclic) bond motifs is 1. The van der Waals surface area contributed by atoms with E-state index >= 15 is 0 Å². The molecule has 0 spiro atoms. The van der Waals surface area contributed by atoms with Crippen LogP contribution in [0.2, 0.25) is 0 Å². The van der Waals surface area contributed by atoms with Gasteiger partial charge in [0, 0.05) is 25.7 Å². The molecule has 0 saturated carbocycles. The Hall–Kier alpha value is -0.610. The zero-order valence-corrected chi connectivity index (χ0v) is 12.2. The molecule has 3 heterocycles. The lowest BCUT2D eigenvalue weighted by Crippen LogP contribution is -2.56. The maximum Gasteiger partial charge on any atom is 0.242 e. The van der Waals surface area contributed by atoms with E-state index in [1.54, 1.807) is 0 Å². The van der Waals surface area contributed by atoms with Crippen LogP contribution in [-0.4, -0.2) is 60.0 Å². The van der Waals surface area contributed by atoms with Crippen LogP contribution in [0.1, 0.15) is 45.4 Å². The molecule has 3 aliphatic rings. The second-order valence-corrected chi connectivity index (χ2v) is 6.40. The van der Waals surface area contributed by atoms with Crippen LogP contribution in [0.3, 0.4) is 0 Å². The molecule has 3 rings (SSSR count). The minimum absolute atomic E-state index is 0.242. The van der Waals surface area contributed by atoms with Crippen molar-refractivity contribution >= 4 is 5.91 Å². The van der Waals surface area contributed by atoms with Crippen LogP contribution in [0, 0.1) is 0 Å². The van der Waals surface area contributed by atoms with Crippen LogP contribution in [0.25, 0.3) is 0 Å². The summed E-state index contributed by atoms with van der Waals surface area (Å²) in [6.45, 7) is 7.49. The lowest BCUT2D eigenvalue weighted by Gasteiger charge is -2.34. The lowest BCUT2D eigenvalue weighted by molar-refractivity contribution is -0.138. The van der Waals surface area contributed by atoms with Crippen molar-refractivity contribution in [2.75, 3.05) is 32.7 Å². The van der Waals surface area contributed by atoms with Crippen molar-refractivity contribution in [3.8, 4) is 0 Å². The van der Waals surface area contributed by atoms with Crippen molar-refractivity contribution in [3.05, 3.63) is 0 Å². The van der Waals surface area contributed by atoms with E-state index in [0.717, 1.165) is 45.3 Å². The Morgan fingerprint density at radius 2 is 2.11 bits per heavy atom. The van der Waals surface area contributed by atoms with Gasteiger partial charge in [0.05, 0.1) is 5.54 Å². The van der Waals surface area contributed by atoms with Gasteiger partial charge in [0.15, 0.2) is 0 Å². The molecule has 4 heteroatoms. The molecule has 0 aromatic carbocycles. The molecule has 0 radical (unpaired) electrons. The van der Waals surface area contributed by atoms with Crippen molar-refractivity contribution < 1.29 is 4.79 Å². The van der Waals surface area contributed by atoms with Crippen molar-refractivity contribution in [1.82, 2.24) is 15.1 Å². The number of amides is 1. The summed E-state index contributed by atoms with van der Waals surface area (Å²) in [5.74, 6) is 0.376. The summed E-state index contributed by atoms with van der Waals surface area (Å²) in [6.07, 6.45) is 6.81. The van der Waals surface area contributed by atoms with Crippen LogP contribution in [0.5, 0.6) is 0 Å². The Bertz CT molecular complexity index is 338. The van der Waals surface area contributed by atoms with Crippen LogP contribution in [0.15, 0.2) is 0 Å². The van der Waals surface area contributed by atoms with Crippen LogP contribution in [-0.2, 0) is 4.79 Å². The first-order chi connectivity index (χ1) is 9.25. The SMILES string of the molecule is CCC1(C(=O)N2CCCN3CCCC3C2)CCCN1. The molecule has 0 aromatic heterocycles. The van der Waals surface area contributed by atoms with E-state index in [4.69, 9.17) is 0 Å². The summed E-state index contributed by atoms with van der Waals surface area (Å²) in [7, 11) is 0. The Kier molecular flexibility index (Phi) is 3.81. The van der Waals surface area contributed by atoms with E-state index in [9.17, 15) is 4.79 Å². The number of rotatable bonds is 2. The number of nitrogens with one attached hydrogen (secondary N) is 1. The van der Waals surface area contributed by atoms with Crippen molar-refractivity contribution in [3.63, 3.8) is 0 Å². The van der Waals surface area contributed by atoms with Crippen molar-refractivity contribution in [2.45, 2.75) is 57.0 Å². The molecule has 19 heavy (non-hydrogen) atoms. The first-order valence-electron chi connectivity index (χ1n) is 8.04. The third kappa shape index (κ3) is 2.40. The summed E-state index contributed by atoms with van der Waals surface area (Å²) in [4.78, 5) is 17.7. The van der Waals surface area contributed by atoms with Gasteiger partial charge in [-0.15, -0.1) is 0 Å². The molecular weight excluding hydrogens is 238 g/mol. The normalized spacial score (nSPS) is 36.3. The van der Waals surface area contributed by atoms with Gasteiger partial charge in [-0.05, 0) is 51.6 Å². The monoisotopic (exact) mass is 265 g/mol. The van der Waals surface area contributed by atoms with Crippen molar-refractivity contribution in [1.29, 1.82) is 0 Å². The Labute approximate surface area is 116 Å². The number of carbonyl (C=O) groups excluding carboxylic acids is 1. The summed E-state index contributed by atoms with van der Waals surface area (Å²) in [5.41, 5.74) is -0.242. The van der Waals surface area contributed by atoms with Gasteiger partial charge in [0.25, 0.3) is 0 Å². The van der Waals surface area contributed by atoms with Crippen LogP contribution in [0.4, 0.5) is 0 Å². The first kappa shape index (κ1) is 13.4. The Morgan fingerprint density at radius 1 is 1.26 bits per heavy atom. The molecule has 3 saturated heterocycles. The van der Waals surface area contributed by atoms with E-state index in [-0.39, 0.29) is 5.54 Å². The molecule has 3 fully saturated rings. The Balaban J connectivity index is 1.71. The van der Waals surface area contributed by atoms with Gasteiger partial charge in [0.2, 0.25) is 5.91 Å². The molecular formula is C15H27N3O. The molecule has 0 aliphatic carbocycles. The summed E-state index contributed by atoms with van der Waals surface area (Å²) >= 11 is 0. The smallest absolute Gasteiger partial charge is 0.242 e. The molecule has 2 atom stereocenters. The zero-order valence-electron chi connectivity index (χ0n) is 12.2. The quantitative estimate of drug-likeness (QED) is 0.815. The molecule has 108 valence electrons. The molecule has 1 N–H and O–H groups in total. The fourth-order valence-electron chi connectivity index (χ4n) is 4.14. The van der Waals surface area contributed by atoms with E-state index in [1.165, 1.54) is 25.9 Å². The van der Waals surface area contributed by atoms with Gasteiger partial charge >= 0.3 is 0 Å². The van der Waals surface area contributed by atoms with E-state index in [2.05, 4.69) is 22.0 Å². The van der Waals surface area contributed by atoms with Gasteiger partial charge in [-0.3, -0.25) is 9.69 Å². The minimum Gasteiger partial charge on any atom is -0.339 e. The predicted molar refractivity (Wildman–Crippen MR) is 76.1 cm³/mol. The highest BCUT2D eigenvalue weighted by molar-refractivity contribution is 5.86. The fraction of sp³-hybridized carbons (Fsp3) is 0.933. The number of carbonyl (C=O) groups is 1. The van der Waals surface area contributed by atoms with Crippen molar-refractivity contribution in [2.24, 2.45) is 0 Å². The van der Waals surface area contributed by atoms with E-state index in [0.29, 0.717) is 11.9 Å². The second-order valence-electron chi connectivity index (χ2n) is 6.40. The molecule has 3 aliphatic heterocycles. The third-order valence-electron chi connectivity index (χ3n) is 5.35. The minimum atomic E-state index is -0.242. The molecule has 4 nitrogen and oxygen atoms in total. The topological polar surface area (TPSA) is 35.6 Å². The van der Waals surface area contributed by atoms with Gasteiger partial charge < -0.3 is 10.2 Å². The highest BCUT2D eigenvalue weighted by atomic mass is 16.2. The summed E-state index contributed by atoms with van der Waals surface area (Å²) in [5, 5.41) is 3.49. The second kappa shape index (κ2) is 5.41. The lowest BCUT2D eigenvalue weighted by atomic mass is 9.92. The molecule has 1 amide bonds. The summed E-state index contributed by atoms with van der Waals surface area (Å²) < 4.78 is 0. The highest BCUT2D eigenvalue weighted by Crippen LogP contribution is 2.28. The maximum absolute atomic E-state index is 12.9. The maximum atomic E-state index is 12.9. The number of hydrogen-bond donors (Lipinski definition) is 1. The third-order valence-corrected chi connectivity index (χ3v) is 5.35. The number of nitrogens with zero attached hydrogens (tertiary/aromatic N) is 2. The molecule has 0 aromatic rings. The predicted octanol–water partition coefficient (Wildman–Crippen LogP) is 1.22. The largest absolute Gasteiger partial charge is 0.339 e. The average molecular weight is 265 g/mol. The van der Waals surface area contributed by atoms with E-state index in [1.807, 2.05) is 0 Å². The first-order valence-corrected chi connectivity index (χ1v) is 8.04. The van der Waals surface area contributed by atoms with Gasteiger partial charge in [-0.25, -0.2) is 0 Å². The van der Waals surface area contributed by atoms with E-state index < -0.39 is 0 Å². The van der Waals surface area contributed by atoms with Gasteiger partial charge in [0.1, 0.15) is 0 Å². The molecule has 0 bridgehead atoms. The van der Waals surface area contributed by atoms with Gasteiger partial charge in [-0.2, -0.15) is 0 Å². The summed E-state index contributed by atoms with van der Waals surface area (Å²) in [6, 6.07) is 0.627. The fourth-order valence-corrected chi connectivity index (χ4v) is 4.14. The molecule has 2 unspecified atom stereocenters. The zero-order chi connectivity index (χ0) is 13.3. The number of hydrogen-bond acceptors (Lipinski definition) is 3. The Morgan fingerprint density at radius 3 is 2.84 bits per heavy atom. The van der Waals surface area contributed by atoms with Crippen LogP contribution < -0.4 is 5.32 Å².